The molecule has 0 saturated carbocycles. The molecule has 0 aromatic carbocycles. The van der Waals surface area contributed by atoms with Crippen LogP contribution in [0.25, 0.3) is 0 Å². The standard InChI is InChI=1S/C9H15N3O4/c1-11(4-8(15)16)9(10)12-3-6(5-13)2-7(12)14/h6,10,13H,2-5H2,1H3,(H,15,16). The van der Waals surface area contributed by atoms with Gasteiger partial charge in [-0.2, -0.15) is 0 Å². The van der Waals surface area contributed by atoms with Crippen LogP contribution in [0.2, 0.25) is 0 Å². The molecule has 1 fully saturated rings. The lowest BCUT2D eigenvalue weighted by atomic mass is 10.1. The summed E-state index contributed by atoms with van der Waals surface area (Å²) in [5, 5.41) is 25.1. The lowest BCUT2D eigenvalue weighted by Gasteiger charge is -2.25. The third-order valence-corrected chi connectivity index (χ3v) is 2.45. The Morgan fingerprint density at radius 2 is 2.31 bits per heavy atom. The Balaban J connectivity index is 2.60. The summed E-state index contributed by atoms with van der Waals surface area (Å²) in [6.45, 7) is -0.150. The number of aliphatic hydroxyl groups is 1. The summed E-state index contributed by atoms with van der Waals surface area (Å²) in [5.74, 6) is -1.60. The van der Waals surface area contributed by atoms with Gasteiger partial charge in [-0.15, -0.1) is 0 Å². The number of carbonyl (C=O) groups is 2. The van der Waals surface area contributed by atoms with Gasteiger partial charge in [0.2, 0.25) is 11.9 Å². The van der Waals surface area contributed by atoms with E-state index in [1.54, 1.807) is 0 Å². The van der Waals surface area contributed by atoms with E-state index in [0.29, 0.717) is 0 Å². The lowest BCUT2D eigenvalue weighted by molar-refractivity contribution is -0.137. The van der Waals surface area contributed by atoms with Crippen LogP contribution in [0.4, 0.5) is 0 Å². The second kappa shape index (κ2) is 4.93. The van der Waals surface area contributed by atoms with E-state index in [0.717, 1.165) is 0 Å². The van der Waals surface area contributed by atoms with E-state index in [-0.39, 0.29) is 43.9 Å². The van der Waals surface area contributed by atoms with Gasteiger partial charge < -0.3 is 15.1 Å². The number of hydrogen-bond acceptors (Lipinski definition) is 4. The Hall–Kier alpha value is -1.63. The van der Waals surface area contributed by atoms with Gasteiger partial charge in [0.15, 0.2) is 0 Å². The molecule has 0 bridgehead atoms. The Morgan fingerprint density at radius 1 is 1.69 bits per heavy atom. The molecule has 1 rings (SSSR count). The summed E-state index contributed by atoms with van der Waals surface area (Å²) in [6.07, 6.45) is 0.208. The molecule has 0 aromatic rings. The zero-order chi connectivity index (χ0) is 12.3. The molecule has 1 saturated heterocycles. The number of aliphatic carboxylic acids is 1. The van der Waals surface area contributed by atoms with Crippen molar-refractivity contribution >= 4 is 17.8 Å². The Kier molecular flexibility index (Phi) is 3.83. The highest BCUT2D eigenvalue weighted by Crippen LogP contribution is 2.17. The number of likely N-dealkylation sites (tertiary alicyclic amines) is 1. The second-order valence-corrected chi connectivity index (χ2v) is 3.83. The molecule has 0 aromatic heterocycles. The average molecular weight is 229 g/mol. The summed E-state index contributed by atoms with van der Waals surface area (Å²) in [7, 11) is 1.44. The largest absolute Gasteiger partial charge is 0.480 e. The lowest BCUT2D eigenvalue weighted by Crippen LogP contribution is -2.44. The first-order valence-corrected chi connectivity index (χ1v) is 4.88. The molecule has 1 heterocycles. The van der Waals surface area contributed by atoms with E-state index in [2.05, 4.69) is 0 Å². The van der Waals surface area contributed by atoms with Gasteiger partial charge in [0.1, 0.15) is 6.54 Å². The van der Waals surface area contributed by atoms with Gasteiger partial charge in [0.25, 0.3) is 0 Å². The Bertz CT molecular complexity index is 318. The minimum absolute atomic E-state index is 0.0990. The van der Waals surface area contributed by atoms with E-state index in [1.165, 1.54) is 16.8 Å². The van der Waals surface area contributed by atoms with E-state index < -0.39 is 5.97 Å². The maximum atomic E-state index is 11.5. The molecule has 7 nitrogen and oxygen atoms in total. The fourth-order valence-electron chi connectivity index (χ4n) is 1.59. The number of guanidine groups is 1. The molecule has 0 aliphatic carbocycles. The van der Waals surface area contributed by atoms with Crippen molar-refractivity contribution in [2.45, 2.75) is 6.42 Å². The molecule has 1 amide bonds. The van der Waals surface area contributed by atoms with E-state index >= 15 is 0 Å². The maximum Gasteiger partial charge on any atom is 0.323 e. The second-order valence-electron chi connectivity index (χ2n) is 3.83. The third-order valence-electron chi connectivity index (χ3n) is 2.45. The normalized spacial score (nSPS) is 20.0. The van der Waals surface area contributed by atoms with Gasteiger partial charge in [-0.25, -0.2) is 0 Å². The quantitative estimate of drug-likeness (QED) is 0.415. The first kappa shape index (κ1) is 12.4. The van der Waals surface area contributed by atoms with Crippen LogP contribution in [0.3, 0.4) is 0 Å². The summed E-state index contributed by atoms with van der Waals surface area (Å²) in [5.41, 5.74) is 0. The minimum Gasteiger partial charge on any atom is -0.480 e. The highest BCUT2D eigenvalue weighted by molar-refractivity contribution is 5.97. The first-order chi connectivity index (χ1) is 7.45. The number of nitrogens with zero attached hydrogens (tertiary/aromatic N) is 2. The van der Waals surface area contributed by atoms with E-state index in [9.17, 15) is 9.59 Å². The number of carbonyl (C=O) groups excluding carboxylic acids is 1. The molecular formula is C9H15N3O4. The van der Waals surface area contributed by atoms with Crippen molar-refractivity contribution in [2.24, 2.45) is 5.92 Å². The van der Waals surface area contributed by atoms with Crippen LogP contribution < -0.4 is 0 Å². The SMILES string of the molecule is CN(CC(=O)O)C(=N)N1CC(CO)CC1=O. The summed E-state index contributed by atoms with van der Waals surface area (Å²) >= 11 is 0. The number of rotatable bonds is 3. The molecule has 0 radical (unpaired) electrons. The number of amides is 1. The molecule has 1 aliphatic rings. The van der Waals surface area contributed by atoms with Crippen molar-refractivity contribution < 1.29 is 19.8 Å². The van der Waals surface area contributed by atoms with Crippen LogP contribution in [0.15, 0.2) is 0 Å². The monoisotopic (exact) mass is 229 g/mol. The van der Waals surface area contributed by atoms with E-state index in [4.69, 9.17) is 15.6 Å². The van der Waals surface area contributed by atoms with Crippen molar-refractivity contribution in [1.82, 2.24) is 9.80 Å². The van der Waals surface area contributed by atoms with Crippen molar-refractivity contribution in [3.63, 3.8) is 0 Å². The molecule has 1 aliphatic heterocycles. The number of carboxylic acid groups (broad SMARTS) is 1. The predicted octanol–water partition coefficient (Wildman–Crippen LogP) is -1.22. The van der Waals surface area contributed by atoms with Crippen molar-refractivity contribution in [3.8, 4) is 0 Å². The number of nitrogens with one attached hydrogen (secondary N) is 1. The van der Waals surface area contributed by atoms with Crippen molar-refractivity contribution in [3.05, 3.63) is 0 Å². The minimum atomic E-state index is -1.06. The molecule has 3 N–H and O–H groups in total. The predicted molar refractivity (Wildman–Crippen MR) is 54.9 cm³/mol. The number of likely N-dealkylation sites (N-methyl/N-ethyl adjacent to an activating group) is 1. The molecular weight excluding hydrogens is 214 g/mol. The maximum absolute atomic E-state index is 11.5. The highest BCUT2D eigenvalue weighted by atomic mass is 16.4. The summed E-state index contributed by atoms with van der Waals surface area (Å²) < 4.78 is 0. The molecule has 1 atom stereocenters. The average Bonchev–Trinajstić information content (AvgIpc) is 2.57. The topological polar surface area (TPSA) is 105 Å². The first-order valence-electron chi connectivity index (χ1n) is 4.88. The van der Waals surface area contributed by atoms with Crippen LogP contribution in [0.1, 0.15) is 6.42 Å². The van der Waals surface area contributed by atoms with Gasteiger partial charge >= 0.3 is 5.97 Å². The molecule has 16 heavy (non-hydrogen) atoms. The fourth-order valence-corrected chi connectivity index (χ4v) is 1.59. The molecule has 90 valence electrons. The van der Waals surface area contributed by atoms with Crippen molar-refractivity contribution in [2.75, 3.05) is 26.7 Å². The van der Waals surface area contributed by atoms with Gasteiger partial charge in [0, 0.05) is 32.5 Å². The van der Waals surface area contributed by atoms with Crippen LogP contribution in [0, 0.1) is 11.3 Å². The highest BCUT2D eigenvalue weighted by Gasteiger charge is 2.33. The smallest absolute Gasteiger partial charge is 0.323 e. The Labute approximate surface area is 92.8 Å². The summed E-state index contributed by atoms with van der Waals surface area (Å²) in [6, 6.07) is 0. The van der Waals surface area contributed by atoms with Gasteiger partial charge in [-0.05, 0) is 0 Å². The van der Waals surface area contributed by atoms with Crippen LogP contribution in [0.5, 0.6) is 0 Å². The Morgan fingerprint density at radius 3 is 2.75 bits per heavy atom. The molecule has 1 unspecified atom stereocenters. The third kappa shape index (κ3) is 2.69. The van der Waals surface area contributed by atoms with Gasteiger partial charge in [-0.3, -0.25) is 19.9 Å². The zero-order valence-corrected chi connectivity index (χ0v) is 9.01. The number of aliphatic hydroxyl groups excluding tert-OH is 1. The van der Waals surface area contributed by atoms with Crippen molar-refractivity contribution in [1.29, 1.82) is 5.41 Å². The fraction of sp³-hybridized carbons (Fsp3) is 0.667. The van der Waals surface area contributed by atoms with Gasteiger partial charge in [0.05, 0.1) is 0 Å². The van der Waals surface area contributed by atoms with Crippen LogP contribution >= 0.6 is 0 Å². The summed E-state index contributed by atoms with van der Waals surface area (Å²) in [4.78, 5) is 24.3. The number of carboxylic acids is 1. The van der Waals surface area contributed by atoms with E-state index in [1.807, 2.05) is 0 Å². The van der Waals surface area contributed by atoms with Crippen LogP contribution in [-0.2, 0) is 9.59 Å². The number of hydrogen-bond donors (Lipinski definition) is 3. The zero-order valence-electron chi connectivity index (χ0n) is 9.01. The molecule has 7 heteroatoms. The van der Waals surface area contributed by atoms with Crippen LogP contribution in [-0.4, -0.2) is 64.6 Å². The molecule has 0 spiro atoms. The van der Waals surface area contributed by atoms with Gasteiger partial charge in [-0.1, -0.05) is 0 Å².